The zero-order chi connectivity index (χ0) is 13.2. The van der Waals surface area contributed by atoms with E-state index in [1.54, 1.807) is 36.4 Å². The van der Waals surface area contributed by atoms with Gasteiger partial charge in [0, 0.05) is 0 Å². The minimum absolute atomic E-state index is 0.357. The Morgan fingerprint density at radius 1 is 0.944 bits per heavy atom. The predicted octanol–water partition coefficient (Wildman–Crippen LogP) is 3.39. The lowest BCUT2D eigenvalue weighted by Crippen LogP contribution is -2.02. The Morgan fingerprint density at radius 2 is 1.56 bits per heavy atom. The molecule has 0 saturated heterocycles. The predicted molar refractivity (Wildman–Crippen MR) is 72.5 cm³/mol. The summed E-state index contributed by atoms with van der Waals surface area (Å²) >= 11 is 0. The van der Waals surface area contributed by atoms with Crippen LogP contribution in [0.15, 0.2) is 58.3 Å². The van der Waals surface area contributed by atoms with Gasteiger partial charge in [0.05, 0.1) is 9.79 Å². The third kappa shape index (κ3) is 2.46. The van der Waals surface area contributed by atoms with E-state index < -0.39 is 9.84 Å². The number of hydrogen-bond donors (Lipinski definition) is 0. The summed E-state index contributed by atoms with van der Waals surface area (Å²) in [4.78, 5) is 0.725. The summed E-state index contributed by atoms with van der Waals surface area (Å²) in [7, 11) is -3.39. The lowest BCUT2D eigenvalue weighted by molar-refractivity contribution is 0.596. The molecule has 0 aromatic heterocycles. The molecule has 94 valence electrons. The monoisotopic (exact) mass is 260 g/mol. The van der Waals surface area contributed by atoms with Crippen molar-refractivity contribution in [3.8, 4) is 0 Å². The van der Waals surface area contributed by atoms with Gasteiger partial charge >= 0.3 is 0 Å². The van der Waals surface area contributed by atoms with Gasteiger partial charge in [-0.2, -0.15) is 0 Å². The third-order valence-electron chi connectivity index (χ3n) is 2.92. The van der Waals surface area contributed by atoms with Crippen LogP contribution in [0.1, 0.15) is 18.1 Å². The number of hydrogen-bond acceptors (Lipinski definition) is 2. The Bertz CT molecular complexity index is 658. The van der Waals surface area contributed by atoms with Crippen molar-refractivity contribution in [3.05, 3.63) is 59.7 Å². The van der Waals surface area contributed by atoms with Crippen LogP contribution in [0.25, 0.3) is 0 Å². The molecule has 0 fully saturated rings. The summed E-state index contributed by atoms with van der Waals surface area (Å²) < 4.78 is 24.9. The maximum atomic E-state index is 12.5. The Kier molecular flexibility index (Phi) is 3.53. The zero-order valence-electron chi connectivity index (χ0n) is 10.6. The van der Waals surface area contributed by atoms with Crippen molar-refractivity contribution >= 4 is 9.84 Å². The molecule has 0 amide bonds. The second-order valence-corrected chi connectivity index (χ2v) is 6.27. The summed E-state index contributed by atoms with van der Waals surface area (Å²) in [6.07, 6.45) is 0.831. The van der Waals surface area contributed by atoms with E-state index in [0.717, 1.165) is 17.5 Å². The molecule has 0 atom stereocenters. The largest absolute Gasteiger partial charge is 0.219 e. The van der Waals surface area contributed by atoms with E-state index in [0.29, 0.717) is 9.79 Å². The summed E-state index contributed by atoms with van der Waals surface area (Å²) in [5.41, 5.74) is 1.98. The van der Waals surface area contributed by atoms with E-state index in [-0.39, 0.29) is 0 Å². The molecule has 0 heterocycles. The Morgan fingerprint density at radius 3 is 2.17 bits per heavy atom. The van der Waals surface area contributed by atoms with Gasteiger partial charge in [0.2, 0.25) is 9.84 Å². The van der Waals surface area contributed by atoms with Gasteiger partial charge in [0.1, 0.15) is 0 Å². The first-order valence-corrected chi connectivity index (χ1v) is 7.43. The van der Waals surface area contributed by atoms with Gasteiger partial charge in [-0.25, -0.2) is 8.42 Å². The van der Waals surface area contributed by atoms with Crippen molar-refractivity contribution in [3.63, 3.8) is 0 Å². The molecule has 18 heavy (non-hydrogen) atoms. The van der Waals surface area contributed by atoms with Gasteiger partial charge in [-0.1, -0.05) is 31.2 Å². The van der Waals surface area contributed by atoms with Crippen LogP contribution in [0.5, 0.6) is 0 Å². The Hall–Kier alpha value is -1.61. The molecule has 2 rings (SSSR count). The van der Waals surface area contributed by atoms with E-state index >= 15 is 0 Å². The van der Waals surface area contributed by atoms with Crippen molar-refractivity contribution in [1.29, 1.82) is 0 Å². The van der Waals surface area contributed by atoms with E-state index in [2.05, 4.69) is 0 Å². The van der Waals surface area contributed by atoms with Crippen molar-refractivity contribution in [2.24, 2.45) is 0 Å². The lowest BCUT2D eigenvalue weighted by atomic mass is 10.2. The molecular formula is C15H16O2S. The second-order valence-electron chi connectivity index (χ2n) is 4.32. The maximum Gasteiger partial charge on any atom is 0.206 e. The normalized spacial score (nSPS) is 11.4. The minimum Gasteiger partial charge on any atom is -0.219 e. The molecule has 2 nitrogen and oxygen atoms in total. The quantitative estimate of drug-likeness (QED) is 0.847. The molecule has 0 aliphatic rings. The van der Waals surface area contributed by atoms with Crippen molar-refractivity contribution < 1.29 is 8.42 Å². The third-order valence-corrected chi connectivity index (χ3v) is 4.67. The fraction of sp³-hybridized carbons (Fsp3) is 0.200. The van der Waals surface area contributed by atoms with Crippen LogP contribution in [0, 0.1) is 6.92 Å². The van der Waals surface area contributed by atoms with Crippen LogP contribution < -0.4 is 0 Å². The number of sulfone groups is 1. The van der Waals surface area contributed by atoms with Crippen molar-refractivity contribution in [2.75, 3.05) is 0 Å². The van der Waals surface area contributed by atoms with Crippen LogP contribution in [0.2, 0.25) is 0 Å². The topological polar surface area (TPSA) is 34.1 Å². The first-order chi connectivity index (χ1) is 8.54. The number of aryl methyl sites for hydroxylation is 2. The fourth-order valence-electron chi connectivity index (χ4n) is 1.85. The van der Waals surface area contributed by atoms with Crippen LogP contribution in [0.3, 0.4) is 0 Å². The highest BCUT2D eigenvalue weighted by Gasteiger charge is 2.17. The highest BCUT2D eigenvalue weighted by molar-refractivity contribution is 7.91. The van der Waals surface area contributed by atoms with E-state index in [4.69, 9.17) is 0 Å². The maximum absolute atomic E-state index is 12.5. The Labute approximate surface area is 108 Å². The Balaban J connectivity index is 2.54. The molecule has 0 aliphatic carbocycles. The van der Waals surface area contributed by atoms with E-state index in [1.165, 1.54) is 0 Å². The van der Waals surface area contributed by atoms with Gasteiger partial charge in [0.15, 0.2) is 0 Å². The van der Waals surface area contributed by atoms with Crippen LogP contribution in [-0.4, -0.2) is 8.42 Å². The van der Waals surface area contributed by atoms with Gasteiger partial charge < -0.3 is 0 Å². The van der Waals surface area contributed by atoms with Crippen molar-refractivity contribution in [2.45, 2.75) is 30.1 Å². The molecule has 3 heteroatoms. The van der Waals surface area contributed by atoms with E-state index in [9.17, 15) is 8.42 Å². The standard InChI is InChI=1S/C15H16O2S/c1-3-13-7-5-9-15(11-13)18(16,17)14-8-4-6-12(2)10-14/h4-11H,3H2,1-2H3. The fourth-order valence-corrected chi connectivity index (χ4v) is 3.29. The highest BCUT2D eigenvalue weighted by atomic mass is 32.2. The second kappa shape index (κ2) is 4.94. The minimum atomic E-state index is -3.39. The lowest BCUT2D eigenvalue weighted by Gasteiger charge is -2.06. The van der Waals surface area contributed by atoms with Gasteiger partial charge in [0.25, 0.3) is 0 Å². The number of benzene rings is 2. The molecule has 0 radical (unpaired) electrons. The average Bonchev–Trinajstić information content (AvgIpc) is 2.39. The first-order valence-electron chi connectivity index (χ1n) is 5.94. The van der Waals surface area contributed by atoms with Crippen LogP contribution in [0.4, 0.5) is 0 Å². The average molecular weight is 260 g/mol. The van der Waals surface area contributed by atoms with Gasteiger partial charge in [-0.15, -0.1) is 0 Å². The van der Waals surface area contributed by atoms with Gasteiger partial charge in [-0.05, 0) is 48.7 Å². The number of rotatable bonds is 3. The van der Waals surface area contributed by atoms with Gasteiger partial charge in [-0.3, -0.25) is 0 Å². The van der Waals surface area contributed by atoms with Crippen LogP contribution in [-0.2, 0) is 16.3 Å². The van der Waals surface area contributed by atoms with E-state index in [1.807, 2.05) is 26.0 Å². The highest BCUT2D eigenvalue weighted by Crippen LogP contribution is 2.22. The molecule has 0 spiro atoms. The van der Waals surface area contributed by atoms with Crippen molar-refractivity contribution in [1.82, 2.24) is 0 Å². The molecule has 0 saturated carbocycles. The molecule has 0 aliphatic heterocycles. The molecule has 2 aromatic carbocycles. The molecule has 2 aromatic rings. The smallest absolute Gasteiger partial charge is 0.206 e. The zero-order valence-corrected chi connectivity index (χ0v) is 11.4. The summed E-state index contributed by atoms with van der Waals surface area (Å²) in [5.74, 6) is 0. The first kappa shape index (κ1) is 12.8. The SMILES string of the molecule is CCc1cccc(S(=O)(=O)c2cccc(C)c2)c1. The molecular weight excluding hydrogens is 244 g/mol. The molecule has 0 unspecified atom stereocenters. The molecule has 0 N–H and O–H groups in total. The van der Waals surface area contributed by atoms with Crippen LogP contribution >= 0.6 is 0 Å². The summed E-state index contributed by atoms with van der Waals surface area (Å²) in [6, 6.07) is 14.1. The summed E-state index contributed by atoms with van der Waals surface area (Å²) in [5, 5.41) is 0. The summed E-state index contributed by atoms with van der Waals surface area (Å²) in [6.45, 7) is 3.90. The molecule has 0 bridgehead atoms.